The van der Waals surface area contributed by atoms with Crippen molar-refractivity contribution in [3.63, 3.8) is 0 Å². The van der Waals surface area contributed by atoms with E-state index in [0.29, 0.717) is 18.1 Å². The number of imidazole rings is 1. The van der Waals surface area contributed by atoms with Crippen molar-refractivity contribution in [2.75, 3.05) is 13.1 Å². The van der Waals surface area contributed by atoms with Gasteiger partial charge in [-0.2, -0.15) is 0 Å². The lowest BCUT2D eigenvalue weighted by atomic mass is 9.96. The molecule has 1 aliphatic heterocycles. The minimum Gasteiger partial charge on any atom is -0.338 e. The van der Waals surface area contributed by atoms with E-state index < -0.39 is 15.8 Å². The molecule has 1 aromatic heterocycles. The van der Waals surface area contributed by atoms with Crippen LogP contribution >= 0.6 is 11.6 Å². The van der Waals surface area contributed by atoms with Crippen LogP contribution in [0.3, 0.4) is 0 Å². The van der Waals surface area contributed by atoms with Gasteiger partial charge in [-0.15, -0.1) is 0 Å². The number of hydrogen-bond acceptors (Lipinski definition) is 3. The Morgan fingerprint density at radius 3 is 2.92 bits per heavy atom. The van der Waals surface area contributed by atoms with E-state index in [2.05, 4.69) is 4.98 Å². The second kappa shape index (κ2) is 7.43. The van der Waals surface area contributed by atoms with Crippen LogP contribution < -0.4 is 0 Å². The maximum absolute atomic E-state index is 13.9. The molecule has 0 saturated carbocycles. The van der Waals surface area contributed by atoms with Crippen LogP contribution in [-0.2, 0) is 29.2 Å². The fourth-order valence-electron chi connectivity index (χ4n) is 3.24. The summed E-state index contributed by atoms with van der Waals surface area (Å²) in [6, 6.07) is 3.99. The van der Waals surface area contributed by atoms with E-state index in [9.17, 15) is 12.8 Å². The highest BCUT2D eigenvalue weighted by Gasteiger charge is 2.30. The predicted octanol–water partition coefficient (Wildman–Crippen LogP) is 3.00. The van der Waals surface area contributed by atoms with Gasteiger partial charge in [-0.05, 0) is 37.0 Å². The van der Waals surface area contributed by atoms with Gasteiger partial charge in [0, 0.05) is 49.5 Å². The smallest absolute Gasteiger partial charge is 0.218 e. The van der Waals surface area contributed by atoms with Crippen LogP contribution in [0.15, 0.2) is 30.6 Å². The number of benzene rings is 1. The van der Waals surface area contributed by atoms with Crippen molar-refractivity contribution in [3.05, 3.63) is 52.8 Å². The van der Waals surface area contributed by atoms with Gasteiger partial charge in [-0.25, -0.2) is 22.1 Å². The summed E-state index contributed by atoms with van der Waals surface area (Å²) in [7, 11) is -1.66. The number of hydrogen-bond donors (Lipinski definition) is 0. The molecule has 2 aromatic rings. The molecule has 1 unspecified atom stereocenters. The average Bonchev–Trinajstić information content (AvgIpc) is 2.96. The number of piperidine rings is 1. The molecule has 136 valence electrons. The van der Waals surface area contributed by atoms with Crippen molar-refractivity contribution >= 4 is 21.6 Å². The number of rotatable bonds is 5. The van der Waals surface area contributed by atoms with Crippen LogP contribution in [0.25, 0.3) is 0 Å². The van der Waals surface area contributed by atoms with Crippen LogP contribution in [-0.4, -0.2) is 35.4 Å². The molecule has 1 aliphatic rings. The van der Waals surface area contributed by atoms with Crippen molar-refractivity contribution in [2.24, 2.45) is 13.0 Å². The van der Waals surface area contributed by atoms with Crippen molar-refractivity contribution in [3.8, 4) is 0 Å². The van der Waals surface area contributed by atoms with E-state index in [4.69, 9.17) is 11.6 Å². The van der Waals surface area contributed by atoms with Gasteiger partial charge in [0.2, 0.25) is 10.0 Å². The molecule has 1 saturated heterocycles. The highest BCUT2D eigenvalue weighted by atomic mass is 35.5. The van der Waals surface area contributed by atoms with E-state index >= 15 is 0 Å². The van der Waals surface area contributed by atoms with Gasteiger partial charge in [0.15, 0.2) is 0 Å². The molecule has 3 rings (SSSR count). The number of nitrogens with zero attached hydrogens (tertiary/aromatic N) is 3. The Kier molecular flexibility index (Phi) is 5.46. The molecule has 1 atom stereocenters. The second-order valence-electron chi connectivity index (χ2n) is 6.52. The van der Waals surface area contributed by atoms with Crippen LogP contribution in [0.5, 0.6) is 0 Å². The highest BCUT2D eigenvalue weighted by molar-refractivity contribution is 7.88. The number of aromatic nitrogens is 2. The normalized spacial score (nSPS) is 19.2. The minimum atomic E-state index is -3.59. The largest absolute Gasteiger partial charge is 0.338 e. The Bertz CT molecular complexity index is 853. The Balaban J connectivity index is 1.71. The summed E-state index contributed by atoms with van der Waals surface area (Å²) in [4.78, 5) is 4.32. The molecule has 0 amide bonds. The molecule has 0 bridgehead atoms. The van der Waals surface area contributed by atoms with E-state index in [-0.39, 0.29) is 17.2 Å². The highest BCUT2D eigenvalue weighted by Crippen LogP contribution is 2.25. The summed E-state index contributed by atoms with van der Waals surface area (Å²) in [5.41, 5.74) is 0.110. The van der Waals surface area contributed by atoms with E-state index in [1.54, 1.807) is 6.20 Å². The Labute approximate surface area is 152 Å². The SMILES string of the molecule is Cn1ccnc1CC1CCCN(S(=O)(=O)Cc2cc(Cl)ccc2F)C1. The minimum absolute atomic E-state index is 0.110. The molecule has 0 radical (unpaired) electrons. The van der Waals surface area contributed by atoms with Gasteiger partial charge < -0.3 is 4.57 Å². The lowest BCUT2D eigenvalue weighted by Gasteiger charge is -2.32. The standard InChI is InChI=1S/C17H21ClFN3O2S/c1-21-8-6-20-17(21)9-13-3-2-7-22(11-13)25(23,24)12-14-10-15(18)4-5-16(14)19/h4-6,8,10,13H,2-3,7,9,11-12H2,1H3. The number of sulfonamides is 1. The monoisotopic (exact) mass is 385 g/mol. The lowest BCUT2D eigenvalue weighted by molar-refractivity contribution is 0.261. The lowest BCUT2D eigenvalue weighted by Crippen LogP contribution is -2.41. The number of halogens is 2. The molecule has 25 heavy (non-hydrogen) atoms. The summed E-state index contributed by atoms with van der Waals surface area (Å²) in [6.45, 7) is 0.916. The molecule has 1 fully saturated rings. The third-order valence-electron chi connectivity index (χ3n) is 4.61. The fourth-order valence-corrected chi connectivity index (χ4v) is 5.08. The van der Waals surface area contributed by atoms with Crippen LogP contribution in [0, 0.1) is 11.7 Å². The van der Waals surface area contributed by atoms with Gasteiger partial charge in [-0.3, -0.25) is 0 Å². The summed E-state index contributed by atoms with van der Waals surface area (Å²) >= 11 is 5.86. The Morgan fingerprint density at radius 1 is 1.40 bits per heavy atom. The Hall–Kier alpha value is -1.44. The molecule has 2 heterocycles. The maximum Gasteiger partial charge on any atom is 0.218 e. The third kappa shape index (κ3) is 4.40. The van der Waals surface area contributed by atoms with Gasteiger partial charge >= 0.3 is 0 Å². The number of aryl methyl sites for hydroxylation is 1. The van der Waals surface area contributed by atoms with Crippen LogP contribution in [0.4, 0.5) is 4.39 Å². The molecule has 0 aliphatic carbocycles. The van der Waals surface area contributed by atoms with E-state index in [1.807, 2.05) is 17.8 Å². The molecule has 5 nitrogen and oxygen atoms in total. The zero-order valence-electron chi connectivity index (χ0n) is 14.0. The molecular weight excluding hydrogens is 365 g/mol. The van der Waals surface area contributed by atoms with Gasteiger partial charge in [-0.1, -0.05) is 11.6 Å². The third-order valence-corrected chi connectivity index (χ3v) is 6.64. The first-order valence-electron chi connectivity index (χ1n) is 8.23. The van der Waals surface area contributed by atoms with Crippen molar-refractivity contribution in [2.45, 2.75) is 25.0 Å². The molecular formula is C17H21ClFN3O2S. The summed E-state index contributed by atoms with van der Waals surface area (Å²) < 4.78 is 42.8. The fraction of sp³-hybridized carbons (Fsp3) is 0.471. The van der Waals surface area contributed by atoms with Gasteiger partial charge in [0.05, 0.1) is 5.75 Å². The Morgan fingerprint density at radius 2 is 2.20 bits per heavy atom. The molecule has 8 heteroatoms. The summed E-state index contributed by atoms with van der Waals surface area (Å²) in [5, 5.41) is 0.331. The van der Waals surface area contributed by atoms with Crippen LogP contribution in [0.2, 0.25) is 5.02 Å². The first-order chi connectivity index (χ1) is 11.8. The first-order valence-corrected chi connectivity index (χ1v) is 10.2. The van der Waals surface area contributed by atoms with Crippen molar-refractivity contribution in [1.29, 1.82) is 0 Å². The molecule has 1 aromatic carbocycles. The first kappa shape index (κ1) is 18.4. The molecule has 0 N–H and O–H groups in total. The zero-order chi connectivity index (χ0) is 18.0. The van der Waals surface area contributed by atoms with Gasteiger partial charge in [0.25, 0.3) is 0 Å². The second-order valence-corrected chi connectivity index (χ2v) is 8.92. The van der Waals surface area contributed by atoms with Gasteiger partial charge in [0.1, 0.15) is 11.6 Å². The summed E-state index contributed by atoms with van der Waals surface area (Å²) in [5.74, 6) is 0.252. The predicted molar refractivity (Wildman–Crippen MR) is 95.2 cm³/mol. The quantitative estimate of drug-likeness (QED) is 0.795. The zero-order valence-corrected chi connectivity index (χ0v) is 15.6. The van der Waals surface area contributed by atoms with Crippen LogP contribution in [0.1, 0.15) is 24.2 Å². The van der Waals surface area contributed by atoms with Crippen molar-refractivity contribution in [1.82, 2.24) is 13.9 Å². The molecule has 0 spiro atoms. The topological polar surface area (TPSA) is 55.2 Å². The van der Waals surface area contributed by atoms with Crippen molar-refractivity contribution < 1.29 is 12.8 Å². The average molecular weight is 386 g/mol. The summed E-state index contributed by atoms with van der Waals surface area (Å²) in [6.07, 6.45) is 6.13. The maximum atomic E-state index is 13.9. The van der Waals surface area contributed by atoms with E-state index in [0.717, 1.165) is 25.1 Å². The van der Waals surface area contributed by atoms with E-state index in [1.165, 1.54) is 22.5 Å².